The second-order valence-electron chi connectivity index (χ2n) is 6.37. The zero-order chi connectivity index (χ0) is 15.2. The van der Waals surface area contributed by atoms with Crippen molar-refractivity contribution in [1.29, 1.82) is 0 Å². The summed E-state index contributed by atoms with van der Waals surface area (Å²) in [6.07, 6.45) is 5.24. The number of nitrogens with one attached hydrogen (secondary N) is 1. The van der Waals surface area contributed by atoms with Gasteiger partial charge in [0.15, 0.2) is 0 Å². The van der Waals surface area contributed by atoms with Gasteiger partial charge in [0.1, 0.15) is 0 Å². The van der Waals surface area contributed by atoms with Gasteiger partial charge in [0.2, 0.25) is 0 Å². The first-order chi connectivity index (χ1) is 10.9. The predicted octanol–water partition coefficient (Wildman–Crippen LogP) is 4.37. The van der Waals surface area contributed by atoms with Crippen molar-refractivity contribution < 1.29 is 0 Å². The standard InChI is InChI=1S/C20H28N2/c1-2-3-4-12-20(22-15-13-21-14-16-22)19-11-7-9-17-8-5-6-10-18(17)19/h5-11,20-21H,2-4,12-16H2,1H3/t20-/m0/s1. The van der Waals surface area contributed by atoms with Crippen LogP contribution in [0.5, 0.6) is 0 Å². The average Bonchev–Trinajstić information content (AvgIpc) is 2.59. The first-order valence-electron chi connectivity index (χ1n) is 8.82. The van der Waals surface area contributed by atoms with Gasteiger partial charge in [-0.2, -0.15) is 0 Å². The average molecular weight is 296 g/mol. The molecule has 0 aromatic heterocycles. The van der Waals surface area contributed by atoms with Crippen molar-refractivity contribution in [3.8, 4) is 0 Å². The number of rotatable bonds is 6. The van der Waals surface area contributed by atoms with Crippen LogP contribution in [0.25, 0.3) is 10.8 Å². The van der Waals surface area contributed by atoms with Crippen molar-refractivity contribution in [2.75, 3.05) is 26.2 Å². The second kappa shape index (κ2) is 7.75. The lowest BCUT2D eigenvalue weighted by atomic mass is 9.93. The Hall–Kier alpha value is -1.38. The van der Waals surface area contributed by atoms with E-state index in [1.54, 1.807) is 0 Å². The lowest BCUT2D eigenvalue weighted by Gasteiger charge is -2.36. The highest BCUT2D eigenvalue weighted by atomic mass is 15.2. The molecule has 1 N–H and O–H groups in total. The van der Waals surface area contributed by atoms with E-state index < -0.39 is 0 Å². The first kappa shape index (κ1) is 15.5. The first-order valence-corrected chi connectivity index (χ1v) is 8.82. The minimum atomic E-state index is 0.569. The van der Waals surface area contributed by atoms with Crippen molar-refractivity contribution in [1.82, 2.24) is 10.2 Å². The van der Waals surface area contributed by atoms with Crippen molar-refractivity contribution in [3.05, 3.63) is 48.0 Å². The molecule has 2 nitrogen and oxygen atoms in total. The Kier molecular flexibility index (Phi) is 5.47. The van der Waals surface area contributed by atoms with E-state index in [2.05, 4.69) is 59.6 Å². The lowest BCUT2D eigenvalue weighted by molar-refractivity contribution is 0.164. The number of fused-ring (bicyclic) bond motifs is 1. The molecule has 2 aromatic rings. The van der Waals surface area contributed by atoms with Crippen molar-refractivity contribution in [3.63, 3.8) is 0 Å². The van der Waals surface area contributed by atoms with Crippen LogP contribution in [0, 0.1) is 0 Å². The van der Waals surface area contributed by atoms with E-state index in [0.717, 1.165) is 13.1 Å². The van der Waals surface area contributed by atoms with Crippen molar-refractivity contribution >= 4 is 10.8 Å². The molecule has 3 rings (SSSR count). The van der Waals surface area contributed by atoms with Crippen LogP contribution < -0.4 is 5.32 Å². The molecule has 0 spiro atoms. The number of hydrogen-bond donors (Lipinski definition) is 1. The van der Waals surface area contributed by atoms with Crippen LogP contribution in [0.4, 0.5) is 0 Å². The van der Waals surface area contributed by atoms with Gasteiger partial charge in [-0.15, -0.1) is 0 Å². The van der Waals surface area contributed by atoms with Crippen LogP contribution >= 0.6 is 0 Å². The summed E-state index contributed by atoms with van der Waals surface area (Å²) in [4.78, 5) is 2.69. The highest BCUT2D eigenvalue weighted by Gasteiger charge is 2.23. The van der Waals surface area contributed by atoms with Crippen LogP contribution in [0.2, 0.25) is 0 Å². The van der Waals surface area contributed by atoms with E-state index in [-0.39, 0.29) is 0 Å². The van der Waals surface area contributed by atoms with Gasteiger partial charge in [-0.3, -0.25) is 4.90 Å². The number of benzene rings is 2. The fourth-order valence-corrected chi connectivity index (χ4v) is 3.66. The van der Waals surface area contributed by atoms with Crippen LogP contribution in [-0.2, 0) is 0 Å². The molecule has 1 heterocycles. The Bertz CT molecular complexity index is 582. The Morgan fingerprint density at radius 2 is 1.77 bits per heavy atom. The van der Waals surface area contributed by atoms with E-state index in [0.29, 0.717) is 6.04 Å². The topological polar surface area (TPSA) is 15.3 Å². The SMILES string of the molecule is CCCCC[C@@H](c1cccc2ccccc12)N1CCNCC1. The largest absolute Gasteiger partial charge is 0.314 e. The fourth-order valence-electron chi connectivity index (χ4n) is 3.66. The molecule has 0 unspecified atom stereocenters. The number of unbranched alkanes of at least 4 members (excludes halogenated alkanes) is 2. The molecule has 0 bridgehead atoms. The molecule has 0 amide bonds. The summed E-state index contributed by atoms with van der Waals surface area (Å²) < 4.78 is 0. The molecule has 0 saturated carbocycles. The molecule has 22 heavy (non-hydrogen) atoms. The molecule has 1 saturated heterocycles. The summed E-state index contributed by atoms with van der Waals surface area (Å²) in [7, 11) is 0. The van der Waals surface area contributed by atoms with E-state index in [4.69, 9.17) is 0 Å². The molecule has 0 aliphatic carbocycles. The van der Waals surface area contributed by atoms with Crippen LogP contribution in [0.15, 0.2) is 42.5 Å². The highest BCUT2D eigenvalue weighted by Crippen LogP contribution is 2.32. The molecule has 2 aromatic carbocycles. The molecule has 1 atom stereocenters. The second-order valence-corrected chi connectivity index (χ2v) is 6.37. The maximum atomic E-state index is 3.48. The number of nitrogens with zero attached hydrogens (tertiary/aromatic N) is 1. The third kappa shape index (κ3) is 3.50. The minimum Gasteiger partial charge on any atom is -0.314 e. The van der Waals surface area contributed by atoms with Gasteiger partial charge in [0.25, 0.3) is 0 Å². The van der Waals surface area contributed by atoms with Gasteiger partial charge in [-0.25, -0.2) is 0 Å². The van der Waals surface area contributed by atoms with Crippen molar-refractivity contribution in [2.24, 2.45) is 0 Å². The highest BCUT2D eigenvalue weighted by molar-refractivity contribution is 5.86. The summed E-state index contributed by atoms with van der Waals surface area (Å²) in [6, 6.07) is 16.2. The molecule has 118 valence electrons. The quantitative estimate of drug-likeness (QED) is 0.796. The maximum absolute atomic E-state index is 3.48. The molecule has 1 aliphatic rings. The van der Waals surface area contributed by atoms with Gasteiger partial charge in [0.05, 0.1) is 0 Å². The summed E-state index contributed by atoms with van der Waals surface area (Å²) in [5.74, 6) is 0. The number of piperazine rings is 1. The van der Waals surface area contributed by atoms with Gasteiger partial charge >= 0.3 is 0 Å². The van der Waals surface area contributed by atoms with E-state index in [9.17, 15) is 0 Å². The van der Waals surface area contributed by atoms with E-state index in [1.807, 2.05) is 0 Å². The Morgan fingerprint density at radius 3 is 2.59 bits per heavy atom. The third-order valence-electron chi connectivity index (χ3n) is 4.86. The minimum absolute atomic E-state index is 0.569. The summed E-state index contributed by atoms with van der Waals surface area (Å²) in [5.41, 5.74) is 1.52. The fraction of sp³-hybridized carbons (Fsp3) is 0.500. The van der Waals surface area contributed by atoms with Crippen LogP contribution in [0.1, 0.15) is 44.2 Å². The smallest absolute Gasteiger partial charge is 0.0355 e. The van der Waals surface area contributed by atoms with E-state index >= 15 is 0 Å². The normalized spacial score (nSPS) is 17.7. The molecule has 0 radical (unpaired) electrons. The summed E-state index contributed by atoms with van der Waals surface area (Å²) in [5, 5.41) is 6.29. The Morgan fingerprint density at radius 1 is 1.00 bits per heavy atom. The number of hydrogen-bond acceptors (Lipinski definition) is 2. The Balaban J connectivity index is 1.91. The molecule has 1 aliphatic heterocycles. The van der Waals surface area contributed by atoms with Gasteiger partial charge in [0, 0.05) is 32.2 Å². The molecular formula is C20H28N2. The monoisotopic (exact) mass is 296 g/mol. The maximum Gasteiger partial charge on any atom is 0.0355 e. The van der Waals surface area contributed by atoms with Crippen LogP contribution in [0.3, 0.4) is 0 Å². The zero-order valence-electron chi connectivity index (χ0n) is 13.7. The van der Waals surface area contributed by atoms with Gasteiger partial charge < -0.3 is 5.32 Å². The molecule has 1 fully saturated rings. The Labute approximate surface area is 134 Å². The zero-order valence-corrected chi connectivity index (χ0v) is 13.7. The summed E-state index contributed by atoms with van der Waals surface area (Å²) in [6.45, 7) is 6.86. The van der Waals surface area contributed by atoms with Gasteiger partial charge in [-0.05, 0) is 22.8 Å². The van der Waals surface area contributed by atoms with Gasteiger partial charge in [-0.1, -0.05) is 68.7 Å². The summed E-state index contributed by atoms with van der Waals surface area (Å²) >= 11 is 0. The molecular weight excluding hydrogens is 268 g/mol. The lowest BCUT2D eigenvalue weighted by Crippen LogP contribution is -2.45. The third-order valence-corrected chi connectivity index (χ3v) is 4.86. The van der Waals surface area contributed by atoms with E-state index in [1.165, 1.54) is 55.1 Å². The van der Waals surface area contributed by atoms with Crippen LogP contribution in [-0.4, -0.2) is 31.1 Å². The molecule has 2 heteroatoms. The van der Waals surface area contributed by atoms with Crippen molar-refractivity contribution in [2.45, 2.75) is 38.6 Å². The predicted molar refractivity (Wildman–Crippen MR) is 95.3 cm³/mol.